The molecule has 2 heterocycles. The van der Waals surface area contributed by atoms with E-state index in [1.165, 1.54) is 17.5 Å². The van der Waals surface area contributed by atoms with E-state index < -0.39 is 0 Å². The molecule has 1 aromatic carbocycles. The number of hydrogen-bond donors (Lipinski definition) is 1. The highest BCUT2D eigenvalue weighted by Crippen LogP contribution is 2.21. The number of thiazole rings is 1. The molecule has 0 aliphatic heterocycles. The Morgan fingerprint density at radius 1 is 1.23 bits per heavy atom. The number of amides is 1. The Morgan fingerprint density at radius 3 is 2.82 bits per heavy atom. The number of benzene rings is 1. The van der Waals surface area contributed by atoms with Crippen LogP contribution < -0.4 is 5.32 Å². The number of halogens is 1. The van der Waals surface area contributed by atoms with E-state index >= 15 is 0 Å². The van der Waals surface area contributed by atoms with E-state index in [9.17, 15) is 4.79 Å². The Labute approximate surface area is 140 Å². The lowest BCUT2D eigenvalue weighted by Crippen LogP contribution is -2.22. The van der Waals surface area contributed by atoms with E-state index in [1.807, 2.05) is 35.7 Å². The van der Waals surface area contributed by atoms with Crippen LogP contribution >= 0.6 is 27.3 Å². The Kier molecular flexibility index (Phi) is 4.60. The number of rotatable bonds is 4. The summed E-state index contributed by atoms with van der Waals surface area (Å²) in [5.74, 6) is -0.162. The third-order valence-corrected chi connectivity index (χ3v) is 4.27. The van der Waals surface area contributed by atoms with Crippen molar-refractivity contribution >= 4 is 33.2 Å². The molecule has 110 valence electrons. The quantitative estimate of drug-likeness (QED) is 0.754. The lowest BCUT2D eigenvalue weighted by atomic mass is 10.2. The molecule has 0 bridgehead atoms. The summed E-state index contributed by atoms with van der Waals surface area (Å²) < 4.78 is 0.778. The molecule has 0 atom stereocenters. The number of hydrogen-bond acceptors (Lipinski definition) is 4. The van der Waals surface area contributed by atoms with Crippen molar-refractivity contribution in [3.05, 3.63) is 69.2 Å². The third-order valence-electron chi connectivity index (χ3n) is 2.99. The molecule has 3 rings (SSSR count). The van der Waals surface area contributed by atoms with Crippen LogP contribution in [-0.4, -0.2) is 15.9 Å². The van der Waals surface area contributed by atoms with Crippen LogP contribution in [0.5, 0.6) is 0 Å². The number of carbonyl (C=O) groups is 1. The molecule has 0 saturated carbocycles. The minimum absolute atomic E-state index is 0.162. The van der Waals surface area contributed by atoms with Crippen molar-refractivity contribution in [1.82, 2.24) is 15.3 Å². The first-order valence-corrected chi connectivity index (χ1v) is 8.28. The molecule has 3 aromatic rings. The molecule has 1 amide bonds. The first-order valence-electron chi connectivity index (χ1n) is 6.61. The Morgan fingerprint density at radius 2 is 2.05 bits per heavy atom. The number of nitrogens with one attached hydrogen (secondary N) is 1. The van der Waals surface area contributed by atoms with E-state index in [-0.39, 0.29) is 5.91 Å². The molecule has 0 fully saturated rings. The van der Waals surface area contributed by atoms with Crippen molar-refractivity contribution in [2.24, 2.45) is 0 Å². The summed E-state index contributed by atoms with van der Waals surface area (Å²) in [6.07, 6.45) is 3.18. The fraction of sp³-hybridized carbons (Fsp3) is 0.0625. The molecule has 0 aliphatic carbocycles. The van der Waals surface area contributed by atoms with Crippen molar-refractivity contribution < 1.29 is 4.79 Å². The van der Waals surface area contributed by atoms with Crippen LogP contribution in [0, 0.1) is 0 Å². The smallest absolute Gasteiger partial charge is 0.253 e. The maximum atomic E-state index is 12.1. The van der Waals surface area contributed by atoms with E-state index in [1.54, 1.807) is 12.3 Å². The fourth-order valence-corrected chi connectivity index (χ4v) is 3.04. The van der Waals surface area contributed by atoms with Gasteiger partial charge in [0.2, 0.25) is 0 Å². The zero-order chi connectivity index (χ0) is 15.4. The molecular formula is C16H12BrN3OS. The minimum Gasteiger partial charge on any atom is -0.345 e. The number of nitrogens with zero attached hydrogens (tertiary/aromatic N) is 2. The fourth-order valence-electron chi connectivity index (χ4n) is 1.93. The monoisotopic (exact) mass is 373 g/mol. The first kappa shape index (κ1) is 14.9. The molecule has 0 aliphatic rings. The predicted molar refractivity (Wildman–Crippen MR) is 90.7 cm³/mol. The average molecular weight is 374 g/mol. The van der Waals surface area contributed by atoms with Gasteiger partial charge in [0.25, 0.3) is 5.91 Å². The largest absolute Gasteiger partial charge is 0.345 e. The van der Waals surface area contributed by atoms with Crippen LogP contribution in [0.25, 0.3) is 11.3 Å². The minimum atomic E-state index is -0.162. The second-order valence-electron chi connectivity index (χ2n) is 4.57. The standard InChI is InChI=1S/C16H12BrN3OS/c17-13-6-12(7-18-8-13)16(21)19-9-15-20-14(10-22-15)11-4-2-1-3-5-11/h1-8,10H,9H2,(H,19,21). The molecule has 22 heavy (non-hydrogen) atoms. The van der Waals surface area contributed by atoms with E-state index in [4.69, 9.17) is 0 Å². The lowest BCUT2D eigenvalue weighted by molar-refractivity contribution is 0.0950. The van der Waals surface area contributed by atoms with Gasteiger partial charge in [0.15, 0.2) is 0 Å². The van der Waals surface area contributed by atoms with Crippen LogP contribution in [0.1, 0.15) is 15.4 Å². The van der Waals surface area contributed by atoms with Gasteiger partial charge in [0.1, 0.15) is 5.01 Å². The summed E-state index contributed by atoms with van der Waals surface area (Å²) in [6.45, 7) is 0.406. The molecule has 0 saturated heterocycles. The normalized spacial score (nSPS) is 10.4. The van der Waals surface area contributed by atoms with Gasteiger partial charge in [-0.25, -0.2) is 4.98 Å². The van der Waals surface area contributed by atoms with Gasteiger partial charge in [-0.15, -0.1) is 11.3 Å². The summed E-state index contributed by atoms with van der Waals surface area (Å²) in [4.78, 5) is 20.6. The van der Waals surface area contributed by atoms with Gasteiger partial charge in [0.05, 0.1) is 17.8 Å². The van der Waals surface area contributed by atoms with Crippen molar-refractivity contribution in [2.45, 2.75) is 6.54 Å². The molecule has 0 unspecified atom stereocenters. The number of aromatic nitrogens is 2. The van der Waals surface area contributed by atoms with Crippen molar-refractivity contribution in [2.75, 3.05) is 0 Å². The zero-order valence-corrected chi connectivity index (χ0v) is 13.9. The first-order chi connectivity index (χ1) is 10.7. The van der Waals surface area contributed by atoms with Gasteiger partial charge in [-0.2, -0.15) is 0 Å². The molecule has 0 radical (unpaired) electrons. The highest BCUT2D eigenvalue weighted by Gasteiger charge is 2.08. The Balaban J connectivity index is 1.65. The van der Waals surface area contributed by atoms with Crippen LogP contribution in [0.15, 0.2) is 58.6 Å². The second kappa shape index (κ2) is 6.81. The van der Waals surface area contributed by atoms with Crippen molar-refractivity contribution in [3.63, 3.8) is 0 Å². The Bertz CT molecular complexity index is 789. The van der Waals surface area contributed by atoms with Gasteiger partial charge in [-0.3, -0.25) is 9.78 Å². The Hall–Kier alpha value is -2.05. The number of carbonyl (C=O) groups excluding carboxylic acids is 1. The summed E-state index contributed by atoms with van der Waals surface area (Å²) in [5, 5.41) is 5.72. The van der Waals surface area contributed by atoms with Gasteiger partial charge in [0, 0.05) is 27.8 Å². The molecule has 0 spiro atoms. The molecular weight excluding hydrogens is 362 g/mol. The van der Waals surface area contributed by atoms with Crippen LogP contribution in [0.4, 0.5) is 0 Å². The highest BCUT2D eigenvalue weighted by molar-refractivity contribution is 9.10. The van der Waals surface area contributed by atoms with Crippen molar-refractivity contribution in [3.8, 4) is 11.3 Å². The second-order valence-corrected chi connectivity index (χ2v) is 6.43. The lowest BCUT2D eigenvalue weighted by Gasteiger charge is -2.03. The van der Waals surface area contributed by atoms with Gasteiger partial charge >= 0.3 is 0 Å². The van der Waals surface area contributed by atoms with Crippen molar-refractivity contribution in [1.29, 1.82) is 0 Å². The predicted octanol–water partition coefficient (Wildman–Crippen LogP) is 3.90. The molecule has 4 nitrogen and oxygen atoms in total. The highest BCUT2D eigenvalue weighted by atomic mass is 79.9. The van der Waals surface area contributed by atoms with Crippen LogP contribution in [0.3, 0.4) is 0 Å². The van der Waals surface area contributed by atoms with E-state index in [0.29, 0.717) is 12.1 Å². The third kappa shape index (κ3) is 3.58. The summed E-state index contributed by atoms with van der Waals surface area (Å²) in [7, 11) is 0. The van der Waals surface area contributed by atoms with E-state index in [2.05, 4.69) is 31.2 Å². The summed E-state index contributed by atoms with van der Waals surface area (Å²) in [5.41, 5.74) is 2.53. The van der Waals surface area contributed by atoms with E-state index in [0.717, 1.165) is 20.7 Å². The summed E-state index contributed by atoms with van der Waals surface area (Å²) in [6, 6.07) is 11.7. The maximum Gasteiger partial charge on any atom is 0.253 e. The molecule has 6 heteroatoms. The van der Waals surface area contributed by atoms with Gasteiger partial charge < -0.3 is 5.32 Å². The number of pyridine rings is 1. The van der Waals surface area contributed by atoms with Crippen LogP contribution in [-0.2, 0) is 6.54 Å². The topological polar surface area (TPSA) is 54.9 Å². The molecule has 1 N–H and O–H groups in total. The zero-order valence-electron chi connectivity index (χ0n) is 11.5. The maximum absolute atomic E-state index is 12.1. The summed E-state index contributed by atoms with van der Waals surface area (Å²) >= 11 is 4.84. The SMILES string of the molecule is O=C(NCc1nc(-c2ccccc2)cs1)c1cncc(Br)c1. The van der Waals surface area contributed by atoms with Crippen LogP contribution in [0.2, 0.25) is 0 Å². The average Bonchev–Trinajstić information content (AvgIpc) is 3.02. The van der Waals surface area contributed by atoms with Gasteiger partial charge in [-0.1, -0.05) is 30.3 Å². The molecule has 2 aromatic heterocycles. The van der Waals surface area contributed by atoms with Gasteiger partial charge in [-0.05, 0) is 22.0 Å².